The molecule has 7 aliphatic rings. The summed E-state index contributed by atoms with van der Waals surface area (Å²) in [7, 11) is 1.49. The number of aromatic hydroxyl groups is 1. The summed E-state index contributed by atoms with van der Waals surface area (Å²) in [4.78, 5) is 101. The van der Waals surface area contributed by atoms with Crippen molar-refractivity contribution in [3.05, 3.63) is 122 Å². The topological polar surface area (TPSA) is 513 Å². The van der Waals surface area contributed by atoms with Crippen LogP contribution in [0.15, 0.2) is 84.1 Å². The first-order valence-corrected chi connectivity index (χ1v) is 34.0. The van der Waals surface area contributed by atoms with Crippen LogP contribution in [0.5, 0.6) is 34.5 Å². The number of aliphatic carboxylic acids is 1. The minimum absolute atomic E-state index is 0.0339. The Balaban J connectivity index is 1.34. The largest absolute Gasteiger partial charge is 0.512 e. The van der Waals surface area contributed by atoms with Gasteiger partial charge in [0.25, 0.3) is 0 Å². The van der Waals surface area contributed by atoms with Crippen LogP contribution in [0.1, 0.15) is 119 Å². The lowest BCUT2D eigenvalue weighted by atomic mass is 9.83. The van der Waals surface area contributed by atoms with E-state index in [9.17, 15) is 75.0 Å². The number of hydrogen-bond donors (Lipinski definition) is 19. The van der Waals surface area contributed by atoms with E-state index in [2.05, 4.69) is 37.2 Å². The molecule has 5 unspecified atom stereocenters. The Hall–Kier alpha value is -8.36. The number of ether oxygens (including phenoxy) is 6. The van der Waals surface area contributed by atoms with E-state index in [1.165, 1.54) is 62.5 Å². The number of benzene rings is 4. The first-order valence-electron chi connectivity index (χ1n) is 32.9. The number of carbonyl (C=O) groups excluding carboxylic acids is 6. The lowest BCUT2D eigenvalue weighted by Crippen LogP contribution is -2.62. The molecule has 32 nitrogen and oxygen atoms in total. The molecule has 0 spiro atoms. The van der Waals surface area contributed by atoms with Crippen molar-refractivity contribution in [2.24, 2.45) is 17.4 Å². The van der Waals surface area contributed by atoms with Crippen molar-refractivity contribution in [2.75, 3.05) is 20.3 Å². The van der Waals surface area contributed by atoms with E-state index in [1.54, 1.807) is 13.8 Å². The second kappa shape index (κ2) is 33.2. The average molecular weight is 1500 g/mol. The fourth-order valence-electron chi connectivity index (χ4n) is 12.5. The highest BCUT2D eigenvalue weighted by molar-refractivity contribution is 7.80. The minimum Gasteiger partial charge on any atom is -0.512 e. The molecule has 0 aromatic heterocycles. The van der Waals surface area contributed by atoms with E-state index < -0.39 is 220 Å². The van der Waals surface area contributed by atoms with Crippen molar-refractivity contribution in [1.82, 2.24) is 37.2 Å². The van der Waals surface area contributed by atoms with Crippen molar-refractivity contribution in [3.63, 3.8) is 0 Å². The maximum Gasteiger partial charge on any atom is 0.330 e. The van der Waals surface area contributed by atoms with Crippen molar-refractivity contribution < 1.29 is 113 Å². The van der Waals surface area contributed by atoms with E-state index in [4.69, 9.17) is 75.3 Å². The van der Waals surface area contributed by atoms with Crippen molar-refractivity contribution in [1.29, 1.82) is 0 Å². The number of phenolic OH excluding ortho intramolecular Hbond substituents is 1. The number of halogens is 2. The number of phenols is 1. The van der Waals surface area contributed by atoms with Gasteiger partial charge in [-0.05, 0) is 122 Å². The van der Waals surface area contributed by atoms with Gasteiger partial charge in [-0.1, -0.05) is 74.4 Å². The fraction of sp³-hybridized carbons (Fsp3) is 0.471. The Kier molecular flexibility index (Phi) is 25.4. The van der Waals surface area contributed by atoms with Gasteiger partial charge in [-0.25, -0.2) is 4.79 Å². The Labute approximate surface area is 605 Å². The van der Waals surface area contributed by atoms with E-state index in [0.717, 1.165) is 24.3 Å². The molecular formula is C68H83Cl2N9O23S. The summed E-state index contributed by atoms with van der Waals surface area (Å²) in [5.41, 5.74) is 9.04. The van der Waals surface area contributed by atoms with E-state index >= 15 is 9.59 Å². The van der Waals surface area contributed by atoms with Crippen LogP contribution in [0.2, 0.25) is 10.0 Å². The van der Waals surface area contributed by atoms with Gasteiger partial charge >= 0.3 is 5.97 Å². The summed E-state index contributed by atoms with van der Waals surface area (Å²) < 4.78 is 38.8. The molecule has 0 radical (unpaired) electrons. The van der Waals surface area contributed by atoms with Crippen LogP contribution < -0.4 is 62.9 Å². The van der Waals surface area contributed by atoms with Gasteiger partial charge < -0.3 is 128 Å². The van der Waals surface area contributed by atoms with Gasteiger partial charge in [-0.3, -0.25) is 28.8 Å². The van der Waals surface area contributed by atoms with Gasteiger partial charge in [0.15, 0.2) is 29.9 Å². The number of carbonyl (C=O) groups is 7. The van der Waals surface area contributed by atoms with Crippen LogP contribution in [0.3, 0.4) is 0 Å². The maximum atomic E-state index is 15.5. The second-order valence-corrected chi connectivity index (χ2v) is 27.2. The van der Waals surface area contributed by atoms with Crippen LogP contribution in [-0.4, -0.2) is 203 Å². The predicted octanol–water partition coefficient (Wildman–Crippen LogP) is 1.14. The number of nitrogens with two attached hydrogens (primary N) is 2. The molecule has 35 heteroatoms. The summed E-state index contributed by atoms with van der Waals surface area (Å²) in [6.07, 6.45) is -18.1. The molecule has 4 aromatic rings. The number of rotatable bonds is 19. The number of amides is 6. The van der Waals surface area contributed by atoms with Crippen LogP contribution in [0, 0.1) is 5.92 Å². The highest BCUT2D eigenvalue weighted by atomic mass is 35.5. The standard InChI is InChI=1S/C68H83Cl2N9O23S/c1-7-68(72,27(5)81)24-47(97-8-2)101-59-57(89)56(88)45(25-80)100-67(59)102-58-43-19-31-20-44(58)99-42-14-11-30(18-36(42)70)55(87)53-64(94)76-51(66(95)96)34-21-32(82)22-40(84)48(34)33-16-28(9-12-39(33)83)49(62(92)78-53)79-65(103)50(31)75-61(91)38(23-46(71)85)74-63(93)52(77-60(90)37(73-6)15-26(3)4)54(86)29-10-13-41(98-43)35(69)17-29/h9-14,16-21,26-27,32,37-38,45,47,49-57,59,67,73,80-84,86-89H,7-8,15,22-25,72H2,1-6H3,(H2,71,85)(H,74,93)(H,75,91)(H,76,94)(H,77,90)(H,78,92)(H,79,103)(H,95,96)/t27-,32?,37-,38+,45?,47+,49-,50-,51+,52-,53+,54-,55-,56?,57+,59?,67-,68?/m1/s1. The van der Waals surface area contributed by atoms with Crippen LogP contribution in [-0.2, 0) is 47.8 Å². The first kappa shape index (κ1) is 78.8. The zero-order chi connectivity index (χ0) is 75.4. The number of aliphatic hydroxyl groups excluding tert-OH is 8. The quantitative estimate of drug-likeness (QED) is 0.0462. The number of likely N-dealkylation sites (N-methyl/N-ethyl adjacent to an activating group) is 1. The highest BCUT2D eigenvalue weighted by Crippen LogP contribution is 2.49. The first-order chi connectivity index (χ1) is 48.7. The second-order valence-electron chi connectivity index (χ2n) is 25.9. The minimum atomic E-state index is -2.21. The third-order valence-electron chi connectivity index (χ3n) is 18.3. The molecule has 18 atom stereocenters. The highest BCUT2D eigenvalue weighted by Gasteiger charge is 2.50. The molecule has 21 N–H and O–H groups in total. The number of carboxylic acid groups (broad SMARTS) is 1. The van der Waals surface area contributed by atoms with Gasteiger partial charge in [-0.2, -0.15) is 0 Å². The van der Waals surface area contributed by atoms with Crippen molar-refractivity contribution >= 4 is 87.4 Å². The van der Waals surface area contributed by atoms with Crippen LogP contribution in [0.25, 0.3) is 5.57 Å². The summed E-state index contributed by atoms with van der Waals surface area (Å²) in [5, 5.41) is 132. The monoisotopic (exact) mass is 1500 g/mol. The zero-order valence-corrected chi connectivity index (χ0v) is 58.7. The molecule has 1 aliphatic carbocycles. The van der Waals surface area contributed by atoms with Crippen LogP contribution in [0.4, 0.5) is 0 Å². The Morgan fingerprint density at radius 1 is 0.777 bits per heavy atom. The molecule has 6 aliphatic heterocycles. The summed E-state index contributed by atoms with van der Waals surface area (Å²) in [6.45, 7) is 7.45. The molecule has 558 valence electrons. The molecule has 103 heavy (non-hydrogen) atoms. The molecular weight excluding hydrogens is 1410 g/mol. The predicted molar refractivity (Wildman–Crippen MR) is 369 cm³/mol. The van der Waals surface area contributed by atoms with Gasteiger partial charge in [0.1, 0.15) is 88.7 Å². The smallest absolute Gasteiger partial charge is 0.330 e. The third-order valence-corrected chi connectivity index (χ3v) is 19.2. The fourth-order valence-corrected chi connectivity index (χ4v) is 13.3. The number of aliphatic hydroxyl groups is 8. The Bertz CT molecular complexity index is 3980. The molecule has 6 amide bonds. The molecule has 1 fully saturated rings. The number of thiocarbonyl (C=S) groups is 1. The molecule has 0 saturated carbocycles. The molecule has 11 rings (SSSR count). The number of carboxylic acids is 1. The lowest BCUT2D eigenvalue weighted by molar-refractivity contribution is -0.318. The molecule has 6 heterocycles. The number of primary amides is 1. The SMILES string of the molecule is CCO[C@H](CC(N)(CC)[C@@H](C)O)OC1[C@@H](Oc2c3cc4cc2Oc2ccc(cc2Cl)[C@@H](O)[C@@H](NC(=O)[C@@H](CC(C)C)NC)C(=O)N[C@@H](CC(N)=O)C(=O)N[C@H]4C(=S)N[C@H]2C(=O)N[C@H](C(=O)N[C@H](C(=O)O)C4=CC(O)CC(O)=C4c4cc2ccc4O)[C@H](O)c2ccc(c(Cl)c2)O3)OC(CO)C(O)[C@@H]1O. The maximum absolute atomic E-state index is 15.5. The van der Waals surface area contributed by atoms with E-state index in [-0.39, 0.29) is 76.1 Å². The van der Waals surface area contributed by atoms with Crippen molar-refractivity contribution in [3.8, 4) is 34.5 Å². The summed E-state index contributed by atoms with van der Waals surface area (Å²) in [6, 6.07) is -0.533. The zero-order valence-electron chi connectivity index (χ0n) is 56.4. The lowest BCUT2D eigenvalue weighted by Gasteiger charge is -2.44. The van der Waals surface area contributed by atoms with Crippen molar-refractivity contribution in [2.45, 2.75) is 176 Å². The molecule has 11 bridgehead atoms. The van der Waals surface area contributed by atoms with Gasteiger partial charge in [0, 0.05) is 36.1 Å². The number of hydrogen-bond acceptors (Lipinski definition) is 25. The van der Waals surface area contributed by atoms with Crippen LogP contribution >= 0.6 is 35.4 Å². The van der Waals surface area contributed by atoms with Gasteiger partial charge in [0.2, 0.25) is 47.5 Å². The Morgan fingerprint density at radius 2 is 1.41 bits per heavy atom. The van der Waals surface area contributed by atoms with E-state index in [0.29, 0.717) is 0 Å². The number of fused-ring (bicyclic) bond motifs is 15. The number of nitrogens with one attached hydrogen (secondary N) is 7. The summed E-state index contributed by atoms with van der Waals surface area (Å²) >= 11 is 20.5. The summed E-state index contributed by atoms with van der Waals surface area (Å²) in [5.74, 6) is -12.6. The molecule has 4 aromatic carbocycles. The normalized spacial score (nSPS) is 27.5. The third kappa shape index (κ3) is 17.6. The van der Waals surface area contributed by atoms with Gasteiger partial charge in [-0.15, -0.1) is 0 Å². The Morgan fingerprint density at radius 3 is 1.97 bits per heavy atom. The van der Waals surface area contributed by atoms with Gasteiger partial charge in [0.05, 0.1) is 41.3 Å². The molecule has 1 saturated heterocycles. The average Bonchev–Trinajstić information content (AvgIpc) is 0.768. The van der Waals surface area contributed by atoms with E-state index in [1.807, 2.05) is 13.8 Å².